The van der Waals surface area contributed by atoms with Gasteiger partial charge >= 0.3 is 0 Å². The van der Waals surface area contributed by atoms with Crippen molar-refractivity contribution in [2.24, 2.45) is 0 Å². The Balaban J connectivity index is 1.27. The SMILES string of the molecule is C[Si](C)(CC=C1CCC2OC2C1)O[Si](C)(C)CC=C1CCC2OC2C1. The largest absolute Gasteiger partial charge is 0.455 e. The summed E-state index contributed by atoms with van der Waals surface area (Å²) in [5, 5.41) is 0. The zero-order chi connectivity index (χ0) is 17.7. The van der Waals surface area contributed by atoms with Crippen molar-refractivity contribution in [3.05, 3.63) is 23.3 Å². The van der Waals surface area contributed by atoms with Crippen molar-refractivity contribution in [3.63, 3.8) is 0 Å². The lowest BCUT2D eigenvalue weighted by molar-refractivity contribution is 0.374. The van der Waals surface area contributed by atoms with Crippen LogP contribution in [0.3, 0.4) is 0 Å². The van der Waals surface area contributed by atoms with Crippen LogP contribution in [-0.4, -0.2) is 41.1 Å². The standard InChI is InChI=1S/C20H34O3Si2/c1-24(2,11-9-15-5-7-17-19(13-15)21-17)23-25(3,4)12-10-16-6-8-18-20(14-16)22-18/h9-10,17-20H,5-8,11-14H2,1-4H3. The summed E-state index contributed by atoms with van der Waals surface area (Å²) in [6.07, 6.45) is 14.6. The highest BCUT2D eigenvalue weighted by atomic mass is 28.4. The fourth-order valence-electron chi connectivity index (χ4n) is 4.58. The van der Waals surface area contributed by atoms with E-state index in [2.05, 4.69) is 38.3 Å². The lowest BCUT2D eigenvalue weighted by atomic mass is 9.95. The quantitative estimate of drug-likeness (QED) is 0.363. The fourth-order valence-corrected chi connectivity index (χ4v) is 12.8. The van der Waals surface area contributed by atoms with Crippen LogP contribution < -0.4 is 0 Å². The molecule has 5 heteroatoms. The summed E-state index contributed by atoms with van der Waals surface area (Å²) < 4.78 is 18.1. The van der Waals surface area contributed by atoms with Crippen LogP contribution >= 0.6 is 0 Å². The van der Waals surface area contributed by atoms with Crippen molar-refractivity contribution >= 4 is 16.6 Å². The predicted molar refractivity (Wildman–Crippen MR) is 107 cm³/mol. The Morgan fingerprint density at radius 3 is 1.64 bits per heavy atom. The Bertz CT molecular complexity index is 531. The summed E-state index contributed by atoms with van der Waals surface area (Å²) in [7, 11) is -3.27. The Morgan fingerprint density at radius 2 is 1.24 bits per heavy atom. The van der Waals surface area contributed by atoms with Crippen molar-refractivity contribution in [3.8, 4) is 0 Å². The third kappa shape index (κ3) is 4.95. The van der Waals surface area contributed by atoms with Crippen LogP contribution in [0.5, 0.6) is 0 Å². The maximum Gasteiger partial charge on any atom is 0.177 e. The molecular formula is C20H34O3Si2. The van der Waals surface area contributed by atoms with Gasteiger partial charge in [0.25, 0.3) is 0 Å². The van der Waals surface area contributed by atoms with E-state index in [1.165, 1.54) is 38.5 Å². The first-order valence-electron chi connectivity index (χ1n) is 10.2. The van der Waals surface area contributed by atoms with E-state index in [4.69, 9.17) is 13.6 Å². The molecule has 4 atom stereocenters. The molecule has 4 rings (SSSR count). The van der Waals surface area contributed by atoms with Gasteiger partial charge in [0, 0.05) is 0 Å². The number of ether oxygens (including phenoxy) is 2. The van der Waals surface area contributed by atoms with E-state index in [1.807, 2.05) is 0 Å². The van der Waals surface area contributed by atoms with Crippen molar-refractivity contribution in [1.82, 2.24) is 0 Å². The van der Waals surface area contributed by atoms with Crippen molar-refractivity contribution in [2.75, 3.05) is 0 Å². The highest BCUT2D eigenvalue weighted by molar-refractivity contribution is 6.85. The molecule has 2 saturated heterocycles. The second-order valence-electron chi connectivity index (χ2n) is 9.67. The third-order valence-corrected chi connectivity index (χ3v) is 12.9. The summed E-state index contributed by atoms with van der Waals surface area (Å²) in [6, 6.07) is 2.31. The minimum Gasteiger partial charge on any atom is -0.455 e. The first-order valence-corrected chi connectivity index (χ1v) is 16.4. The molecule has 3 nitrogen and oxygen atoms in total. The summed E-state index contributed by atoms with van der Waals surface area (Å²) in [5.41, 5.74) is 3.23. The van der Waals surface area contributed by atoms with Crippen LogP contribution in [0.25, 0.3) is 0 Å². The zero-order valence-corrected chi connectivity index (χ0v) is 18.3. The Hall–Kier alpha value is -0.206. The lowest BCUT2D eigenvalue weighted by Gasteiger charge is -2.33. The van der Waals surface area contributed by atoms with E-state index < -0.39 is 16.6 Å². The molecule has 0 aromatic heterocycles. The van der Waals surface area contributed by atoms with E-state index in [9.17, 15) is 0 Å². The minimum absolute atomic E-state index is 0.550. The average Bonchev–Trinajstić information content (AvgIpc) is 3.42. The van der Waals surface area contributed by atoms with Gasteiger partial charge in [-0.3, -0.25) is 0 Å². The van der Waals surface area contributed by atoms with Gasteiger partial charge in [-0.15, -0.1) is 0 Å². The summed E-state index contributed by atoms with van der Waals surface area (Å²) in [4.78, 5) is 0. The molecule has 0 aromatic carbocycles. The van der Waals surface area contributed by atoms with Crippen LogP contribution in [-0.2, 0) is 13.6 Å². The van der Waals surface area contributed by atoms with Gasteiger partial charge in [-0.1, -0.05) is 23.3 Å². The Kier molecular flexibility index (Phi) is 4.91. The van der Waals surface area contributed by atoms with Crippen LogP contribution in [0.2, 0.25) is 38.3 Å². The minimum atomic E-state index is -1.63. The molecule has 2 aliphatic heterocycles. The van der Waals surface area contributed by atoms with E-state index in [0.29, 0.717) is 24.4 Å². The van der Waals surface area contributed by atoms with Gasteiger partial charge in [0.2, 0.25) is 0 Å². The van der Waals surface area contributed by atoms with Crippen LogP contribution in [0.15, 0.2) is 23.3 Å². The number of epoxide rings is 2. The van der Waals surface area contributed by atoms with Crippen LogP contribution in [0, 0.1) is 0 Å². The first-order chi connectivity index (χ1) is 11.8. The molecule has 2 heterocycles. The Labute approximate surface area is 155 Å². The second-order valence-corrected chi connectivity index (χ2v) is 18.3. The predicted octanol–water partition coefficient (Wildman–Crippen LogP) is 5.17. The number of fused-ring (bicyclic) bond motifs is 2. The average molecular weight is 379 g/mol. The normalized spacial score (nSPS) is 37.8. The van der Waals surface area contributed by atoms with Gasteiger partial charge in [0.1, 0.15) is 0 Å². The molecule has 25 heavy (non-hydrogen) atoms. The molecule has 0 aromatic rings. The zero-order valence-electron chi connectivity index (χ0n) is 16.3. The number of allylic oxidation sites excluding steroid dienone is 2. The van der Waals surface area contributed by atoms with E-state index >= 15 is 0 Å². The number of hydrogen-bond acceptors (Lipinski definition) is 3. The number of rotatable bonds is 6. The molecule has 0 amide bonds. The molecule has 4 aliphatic rings. The molecule has 2 aliphatic carbocycles. The summed E-state index contributed by atoms with van der Waals surface area (Å²) in [6.45, 7) is 9.59. The third-order valence-electron chi connectivity index (χ3n) is 6.12. The topological polar surface area (TPSA) is 34.3 Å². The molecule has 0 N–H and O–H groups in total. The van der Waals surface area contributed by atoms with Crippen molar-refractivity contribution in [1.29, 1.82) is 0 Å². The van der Waals surface area contributed by atoms with E-state index in [-0.39, 0.29) is 0 Å². The van der Waals surface area contributed by atoms with Gasteiger partial charge in [-0.05, 0) is 76.8 Å². The van der Waals surface area contributed by atoms with E-state index in [1.54, 1.807) is 11.1 Å². The van der Waals surface area contributed by atoms with Gasteiger partial charge in [-0.2, -0.15) is 0 Å². The molecular weight excluding hydrogens is 344 g/mol. The monoisotopic (exact) mass is 378 g/mol. The lowest BCUT2D eigenvalue weighted by Crippen LogP contribution is -2.43. The van der Waals surface area contributed by atoms with E-state index in [0.717, 1.165) is 12.1 Å². The van der Waals surface area contributed by atoms with Crippen LogP contribution in [0.4, 0.5) is 0 Å². The fraction of sp³-hybridized carbons (Fsp3) is 0.800. The molecule has 4 unspecified atom stereocenters. The van der Waals surface area contributed by atoms with Crippen molar-refractivity contribution < 1.29 is 13.6 Å². The molecule has 0 bridgehead atoms. The first kappa shape index (κ1) is 18.2. The molecule has 140 valence electrons. The molecule has 0 radical (unpaired) electrons. The van der Waals surface area contributed by atoms with Gasteiger partial charge in [0.15, 0.2) is 16.6 Å². The van der Waals surface area contributed by atoms with Crippen LogP contribution in [0.1, 0.15) is 38.5 Å². The highest BCUT2D eigenvalue weighted by Crippen LogP contribution is 2.40. The molecule has 0 spiro atoms. The van der Waals surface area contributed by atoms with Gasteiger partial charge in [0.05, 0.1) is 24.4 Å². The Morgan fingerprint density at radius 1 is 0.800 bits per heavy atom. The molecule has 4 fully saturated rings. The second kappa shape index (κ2) is 6.75. The van der Waals surface area contributed by atoms with Gasteiger partial charge in [-0.25, -0.2) is 0 Å². The summed E-state index contributed by atoms with van der Waals surface area (Å²) in [5.74, 6) is 0. The van der Waals surface area contributed by atoms with Gasteiger partial charge < -0.3 is 13.6 Å². The van der Waals surface area contributed by atoms with Crippen molar-refractivity contribution in [2.45, 2.75) is 101 Å². The maximum absolute atomic E-state index is 6.81. The number of hydrogen-bond donors (Lipinski definition) is 0. The highest BCUT2D eigenvalue weighted by Gasteiger charge is 2.43. The smallest absolute Gasteiger partial charge is 0.177 e. The maximum atomic E-state index is 6.81. The summed E-state index contributed by atoms with van der Waals surface area (Å²) >= 11 is 0. The molecule has 2 saturated carbocycles.